The molecule has 0 radical (unpaired) electrons. The molecule has 1 aromatic rings. The van der Waals surface area contributed by atoms with Gasteiger partial charge in [0.15, 0.2) is 0 Å². The van der Waals surface area contributed by atoms with Crippen LogP contribution in [-0.4, -0.2) is 4.57 Å². The van der Waals surface area contributed by atoms with Gasteiger partial charge in [0.2, 0.25) is 0 Å². The van der Waals surface area contributed by atoms with Crippen molar-refractivity contribution in [1.29, 1.82) is 0 Å². The summed E-state index contributed by atoms with van der Waals surface area (Å²) in [6, 6.07) is 0. The highest BCUT2D eigenvalue weighted by Gasteiger charge is 2.15. The molecule has 212 valence electrons. The number of unbranched alkanes of at least 4 members (excludes halogenated alkanes) is 23. The Kier molecular flexibility index (Phi) is 23.9. The van der Waals surface area contributed by atoms with Crippen LogP contribution in [0, 0.1) is 0 Å². The molecule has 0 saturated heterocycles. The van der Waals surface area contributed by atoms with Crippen LogP contribution < -0.4 is 4.57 Å². The van der Waals surface area contributed by atoms with Crippen molar-refractivity contribution in [3.63, 3.8) is 0 Å². The zero-order valence-electron chi connectivity index (χ0n) is 25.3. The SMILES string of the molecule is CCCCCCCCCCCCCCCCCCc1n(CCCCCCCCCCC)cc[n+]1CC. The number of imidazole rings is 1. The maximum absolute atomic E-state index is 2.57. The van der Waals surface area contributed by atoms with Crippen molar-refractivity contribution in [1.82, 2.24) is 4.57 Å². The number of hydrogen-bond donors (Lipinski definition) is 0. The molecule has 0 atom stereocenters. The Hall–Kier alpha value is -0.790. The lowest BCUT2D eigenvalue weighted by Gasteiger charge is -2.06. The molecule has 1 aromatic heterocycles. The van der Waals surface area contributed by atoms with Gasteiger partial charge >= 0.3 is 0 Å². The van der Waals surface area contributed by atoms with Gasteiger partial charge in [-0.3, -0.25) is 0 Å². The van der Waals surface area contributed by atoms with Crippen LogP contribution >= 0.6 is 0 Å². The number of hydrogen-bond acceptors (Lipinski definition) is 0. The number of nitrogens with zero attached hydrogens (tertiary/aromatic N) is 2. The van der Waals surface area contributed by atoms with Gasteiger partial charge in [0.25, 0.3) is 5.82 Å². The Morgan fingerprint density at radius 3 is 1.22 bits per heavy atom. The van der Waals surface area contributed by atoms with E-state index in [0.717, 1.165) is 6.54 Å². The van der Waals surface area contributed by atoms with Gasteiger partial charge in [0.1, 0.15) is 12.4 Å². The van der Waals surface area contributed by atoms with Crippen molar-refractivity contribution in [2.75, 3.05) is 0 Å². The quantitative estimate of drug-likeness (QED) is 0.0794. The fourth-order valence-corrected chi connectivity index (χ4v) is 5.70. The molecule has 0 bridgehead atoms. The van der Waals surface area contributed by atoms with Crippen molar-refractivity contribution < 1.29 is 4.57 Å². The Bertz CT molecular complexity index is 562. The molecular weight excluding hydrogens is 436 g/mol. The van der Waals surface area contributed by atoms with Gasteiger partial charge in [-0.2, -0.15) is 0 Å². The molecule has 36 heavy (non-hydrogen) atoms. The molecule has 0 N–H and O–H groups in total. The largest absolute Gasteiger partial charge is 0.256 e. The summed E-state index contributed by atoms with van der Waals surface area (Å²) in [4.78, 5) is 0. The van der Waals surface area contributed by atoms with Gasteiger partial charge in [-0.1, -0.05) is 155 Å². The highest BCUT2D eigenvalue weighted by Crippen LogP contribution is 2.15. The van der Waals surface area contributed by atoms with Gasteiger partial charge in [0.05, 0.1) is 13.1 Å². The minimum Gasteiger partial charge on any atom is -0.235 e. The van der Waals surface area contributed by atoms with E-state index in [2.05, 4.69) is 42.3 Å². The molecule has 1 rings (SSSR count). The maximum Gasteiger partial charge on any atom is 0.256 e. The second-order valence-corrected chi connectivity index (χ2v) is 11.6. The average Bonchev–Trinajstić information content (AvgIpc) is 3.29. The third kappa shape index (κ3) is 18.5. The molecular formula is C34H67N2+. The summed E-state index contributed by atoms with van der Waals surface area (Å²) >= 11 is 0. The predicted octanol–water partition coefficient (Wildman–Crippen LogP) is 11.1. The van der Waals surface area contributed by atoms with Crippen LogP contribution in [0.25, 0.3) is 0 Å². The Labute approximate surface area is 228 Å². The second-order valence-electron chi connectivity index (χ2n) is 11.6. The topological polar surface area (TPSA) is 8.81 Å². The molecule has 0 aliphatic carbocycles. The number of rotatable bonds is 28. The van der Waals surface area contributed by atoms with Crippen molar-refractivity contribution >= 4 is 0 Å². The van der Waals surface area contributed by atoms with Gasteiger partial charge in [-0.25, -0.2) is 9.13 Å². The lowest BCUT2D eigenvalue weighted by atomic mass is 10.0. The van der Waals surface area contributed by atoms with Gasteiger partial charge in [-0.05, 0) is 26.2 Å². The van der Waals surface area contributed by atoms with E-state index in [0.29, 0.717) is 0 Å². The van der Waals surface area contributed by atoms with Crippen molar-refractivity contribution in [3.8, 4) is 0 Å². The average molecular weight is 504 g/mol. The summed E-state index contributed by atoms with van der Waals surface area (Å²) in [6.07, 6.45) is 41.8. The molecule has 0 aromatic carbocycles. The van der Waals surface area contributed by atoms with Crippen LogP contribution in [-0.2, 0) is 19.5 Å². The van der Waals surface area contributed by atoms with E-state index in [1.807, 2.05) is 0 Å². The first kappa shape index (κ1) is 33.2. The monoisotopic (exact) mass is 504 g/mol. The van der Waals surface area contributed by atoms with Crippen molar-refractivity contribution in [3.05, 3.63) is 18.2 Å². The molecule has 0 saturated carbocycles. The van der Waals surface area contributed by atoms with Crippen LogP contribution in [0.15, 0.2) is 12.4 Å². The Balaban J connectivity index is 1.99. The number of aryl methyl sites for hydroxylation is 2. The molecule has 0 fully saturated rings. The number of aromatic nitrogens is 2. The van der Waals surface area contributed by atoms with E-state index in [9.17, 15) is 0 Å². The van der Waals surface area contributed by atoms with Gasteiger partial charge in [-0.15, -0.1) is 0 Å². The van der Waals surface area contributed by atoms with E-state index < -0.39 is 0 Å². The van der Waals surface area contributed by atoms with Crippen molar-refractivity contribution in [2.45, 2.75) is 201 Å². The van der Waals surface area contributed by atoms with Crippen LogP contribution in [0.3, 0.4) is 0 Å². The molecule has 0 unspecified atom stereocenters. The van der Waals surface area contributed by atoms with E-state index in [1.54, 1.807) is 5.82 Å². The van der Waals surface area contributed by atoms with Crippen LogP contribution in [0.2, 0.25) is 0 Å². The molecule has 1 heterocycles. The zero-order chi connectivity index (χ0) is 25.9. The first-order valence-electron chi connectivity index (χ1n) is 16.9. The fourth-order valence-electron chi connectivity index (χ4n) is 5.70. The third-order valence-corrected chi connectivity index (χ3v) is 8.19. The van der Waals surface area contributed by atoms with Gasteiger partial charge < -0.3 is 0 Å². The normalized spacial score (nSPS) is 11.5. The highest BCUT2D eigenvalue weighted by atomic mass is 15.1. The standard InChI is InChI=1S/C34H67N2/c1-4-7-9-11-13-15-16-17-18-19-20-21-22-24-26-28-30-34-35(6-3)32-33-36(34)31-29-27-25-23-14-12-10-8-5-2/h32-33H,4-31H2,1-3H3/q+1. The first-order chi connectivity index (χ1) is 17.8. The smallest absolute Gasteiger partial charge is 0.235 e. The lowest BCUT2D eigenvalue weighted by Crippen LogP contribution is -2.36. The summed E-state index contributed by atoms with van der Waals surface area (Å²) < 4.78 is 5.05. The van der Waals surface area contributed by atoms with E-state index in [-0.39, 0.29) is 0 Å². The zero-order valence-corrected chi connectivity index (χ0v) is 25.3. The van der Waals surface area contributed by atoms with Crippen LogP contribution in [0.5, 0.6) is 0 Å². The summed E-state index contributed by atoms with van der Waals surface area (Å²) in [6.45, 7) is 9.23. The molecule has 2 nitrogen and oxygen atoms in total. The first-order valence-corrected chi connectivity index (χ1v) is 16.9. The summed E-state index contributed by atoms with van der Waals surface area (Å²) in [5.41, 5.74) is 0. The van der Waals surface area contributed by atoms with Crippen LogP contribution in [0.1, 0.15) is 187 Å². The minimum atomic E-state index is 1.11. The van der Waals surface area contributed by atoms with E-state index in [4.69, 9.17) is 0 Å². The minimum absolute atomic E-state index is 1.11. The Morgan fingerprint density at radius 2 is 0.833 bits per heavy atom. The fraction of sp³-hybridized carbons (Fsp3) is 0.912. The van der Waals surface area contributed by atoms with Crippen LogP contribution in [0.4, 0.5) is 0 Å². The van der Waals surface area contributed by atoms with Crippen molar-refractivity contribution in [2.24, 2.45) is 0 Å². The molecule has 0 aliphatic heterocycles. The van der Waals surface area contributed by atoms with E-state index >= 15 is 0 Å². The second kappa shape index (κ2) is 25.8. The molecule has 0 aliphatic rings. The summed E-state index contributed by atoms with van der Waals surface area (Å²) in [5, 5.41) is 0. The predicted molar refractivity (Wildman–Crippen MR) is 161 cm³/mol. The summed E-state index contributed by atoms with van der Waals surface area (Å²) in [5.74, 6) is 1.57. The third-order valence-electron chi connectivity index (χ3n) is 8.19. The molecule has 2 heteroatoms. The maximum atomic E-state index is 2.57. The van der Waals surface area contributed by atoms with Gasteiger partial charge in [0, 0.05) is 6.42 Å². The Morgan fingerprint density at radius 1 is 0.472 bits per heavy atom. The lowest BCUT2D eigenvalue weighted by molar-refractivity contribution is -0.700. The highest BCUT2D eigenvalue weighted by molar-refractivity contribution is 4.84. The molecule has 0 spiro atoms. The molecule has 0 amide bonds. The van der Waals surface area contributed by atoms with E-state index in [1.165, 1.54) is 173 Å². The summed E-state index contributed by atoms with van der Waals surface area (Å²) in [7, 11) is 0.